The van der Waals surface area contributed by atoms with Crippen LogP contribution < -0.4 is 10.2 Å². The number of piperidine rings is 1. The highest BCUT2D eigenvalue weighted by atomic mass is 32.1. The summed E-state index contributed by atoms with van der Waals surface area (Å²) in [6, 6.07) is 5.69. The van der Waals surface area contributed by atoms with Gasteiger partial charge in [0.1, 0.15) is 22.3 Å². The van der Waals surface area contributed by atoms with E-state index in [1.807, 2.05) is 25.1 Å². The third-order valence-corrected chi connectivity index (χ3v) is 7.86. The molecule has 0 spiro atoms. The number of thiophene rings is 1. The Morgan fingerprint density at radius 3 is 2.76 bits per heavy atom. The second-order valence-corrected chi connectivity index (χ2v) is 10.5. The number of ether oxygens (including phenoxy) is 1. The van der Waals surface area contributed by atoms with Crippen molar-refractivity contribution in [1.82, 2.24) is 19.9 Å². The van der Waals surface area contributed by atoms with Crippen LogP contribution >= 0.6 is 11.3 Å². The lowest BCUT2D eigenvalue weighted by Crippen LogP contribution is -2.41. The standard InChI is InChI=1S/C25H32N6O2S/c1-16-6-4-8-20(26-16)28-24(32)19-7-5-9-31(14-19)23-22-17(2)18(3)34-25(22)29-21(27-23)15-30-10-12-33-13-11-30/h4,6,8,19H,5,7,9-15H2,1-3H3,(H,26,28,32). The summed E-state index contributed by atoms with van der Waals surface area (Å²) in [6.45, 7) is 11.8. The number of aryl methyl sites for hydroxylation is 3. The Balaban J connectivity index is 1.40. The first-order valence-electron chi connectivity index (χ1n) is 12.0. The van der Waals surface area contributed by atoms with Crippen molar-refractivity contribution < 1.29 is 9.53 Å². The van der Waals surface area contributed by atoms with Crippen LogP contribution in [-0.2, 0) is 16.1 Å². The second-order valence-electron chi connectivity index (χ2n) is 9.25. The van der Waals surface area contributed by atoms with E-state index in [1.54, 1.807) is 11.3 Å². The minimum Gasteiger partial charge on any atom is -0.379 e. The van der Waals surface area contributed by atoms with Crippen LogP contribution in [0.1, 0.15) is 34.8 Å². The SMILES string of the molecule is Cc1cccc(NC(=O)C2CCCN(c3nc(CN4CCOCC4)nc4sc(C)c(C)c34)C2)n1. The molecule has 1 unspecified atom stereocenters. The van der Waals surface area contributed by atoms with E-state index in [-0.39, 0.29) is 11.8 Å². The third kappa shape index (κ3) is 4.92. The van der Waals surface area contributed by atoms with Crippen LogP contribution in [0.4, 0.5) is 11.6 Å². The lowest BCUT2D eigenvalue weighted by atomic mass is 9.96. The molecule has 180 valence electrons. The topological polar surface area (TPSA) is 83.5 Å². The molecule has 1 N–H and O–H groups in total. The van der Waals surface area contributed by atoms with Crippen LogP contribution in [0.2, 0.25) is 0 Å². The van der Waals surface area contributed by atoms with Crippen molar-refractivity contribution in [2.75, 3.05) is 49.6 Å². The van der Waals surface area contributed by atoms with E-state index in [1.165, 1.54) is 10.4 Å². The molecule has 0 radical (unpaired) electrons. The monoisotopic (exact) mass is 480 g/mol. The zero-order valence-corrected chi connectivity index (χ0v) is 21.0. The number of carbonyl (C=O) groups excluding carboxylic acids is 1. The van der Waals surface area contributed by atoms with Crippen molar-refractivity contribution in [3.8, 4) is 0 Å². The van der Waals surface area contributed by atoms with Crippen LogP contribution in [0, 0.1) is 26.7 Å². The van der Waals surface area contributed by atoms with Crippen molar-refractivity contribution in [2.24, 2.45) is 5.92 Å². The largest absolute Gasteiger partial charge is 0.379 e. The second kappa shape index (κ2) is 9.93. The van der Waals surface area contributed by atoms with E-state index in [9.17, 15) is 4.79 Å². The number of pyridine rings is 1. The summed E-state index contributed by atoms with van der Waals surface area (Å²) in [5.41, 5.74) is 2.13. The molecule has 0 aliphatic carbocycles. The lowest BCUT2D eigenvalue weighted by Gasteiger charge is -2.33. The molecular formula is C25H32N6O2S. The molecule has 5 heterocycles. The zero-order valence-electron chi connectivity index (χ0n) is 20.1. The zero-order chi connectivity index (χ0) is 23.7. The Morgan fingerprint density at radius 2 is 1.97 bits per heavy atom. The number of rotatable bonds is 5. The number of nitrogens with zero attached hydrogens (tertiary/aromatic N) is 5. The maximum absolute atomic E-state index is 13.1. The first-order chi connectivity index (χ1) is 16.5. The molecule has 2 aliphatic rings. The number of carbonyl (C=O) groups is 1. The van der Waals surface area contributed by atoms with Gasteiger partial charge in [0, 0.05) is 36.8 Å². The van der Waals surface area contributed by atoms with E-state index < -0.39 is 0 Å². The predicted octanol–water partition coefficient (Wildman–Crippen LogP) is 3.70. The van der Waals surface area contributed by atoms with E-state index >= 15 is 0 Å². The Morgan fingerprint density at radius 1 is 1.15 bits per heavy atom. The summed E-state index contributed by atoms with van der Waals surface area (Å²) < 4.78 is 5.50. The van der Waals surface area contributed by atoms with Crippen molar-refractivity contribution in [1.29, 1.82) is 0 Å². The fourth-order valence-electron chi connectivity index (χ4n) is 4.75. The van der Waals surface area contributed by atoms with Crippen LogP contribution in [0.5, 0.6) is 0 Å². The molecule has 3 aromatic rings. The molecule has 1 atom stereocenters. The van der Waals surface area contributed by atoms with Gasteiger partial charge in [0.15, 0.2) is 0 Å². The van der Waals surface area contributed by atoms with E-state index in [2.05, 4.69) is 33.9 Å². The minimum absolute atomic E-state index is 0.0276. The molecule has 8 nitrogen and oxygen atoms in total. The number of hydrogen-bond acceptors (Lipinski definition) is 8. The van der Waals surface area contributed by atoms with Gasteiger partial charge in [-0.25, -0.2) is 15.0 Å². The molecule has 1 amide bonds. The normalized spacial score (nSPS) is 19.5. The Bertz CT molecular complexity index is 1190. The molecule has 34 heavy (non-hydrogen) atoms. The average molecular weight is 481 g/mol. The van der Waals surface area contributed by atoms with Gasteiger partial charge in [0.05, 0.1) is 31.1 Å². The van der Waals surface area contributed by atoms with Gasteiger partial charge >= 0.3 is 0 Å². The molecule has 3 aromatic heterocycles. The van der Waals surface area contributed by atoms with E-state index in [0.29, 0.717) is 12.4 Å². The van der Waals surface area contributed by atoms with Crippen LogP contribution in [0.3, 0.4) is 0 Å². The van der Waals surface area contributed by atoms with E-state index in [0.717, 1.165) is 79.8 Å². The summed E-state index contributed by atoms with van der Waals surface area (Å²) in [5.74, 6) is 2.36. The quantitative estimate of drug-likeness (QED) is 0.596. The van der Waals surface area contributed by atoms with E-state index in [4.69, 9.17) is 14.7 Å². The Hall–Kier alpha value is -2.62. The first-order valence-corrected chi connectivity index (χ1v) is 12.9. The van der Waals surface area contributed by atoms with Crippen LogP contribution in [0.15, 0.2) is 18.2 Å². The summed E-state index contributed by atoms with van der Waals surface area (Å²) >= 11 is 1.73. The highest BCUT2D eigenvalue weighted by molar-refractivity contribution is 7.18. The average Bonchev–Trinajstić information content (AvgIpc) is 3.12. The van der Waals surface area contributed by atoms with Gasteiger partial charge in [0.2, 0.25) is 5.91 Å². The van der Waals surface area contributed by atoms with Gasteiger partial charge in [-0.15, -0.1) is 11.3 Å². The van der Waals surface area contributed by atoms with Gasteiger partial charge in [-0.05, 0) is 51.3 Å². The van der Waals surface area contributed by atoms with Gasteiger partial charge < -0.3 is 15.0 Å². The summed E-state index contributed by atoms with van der Waals surface area (Å²) in [6.07, 6.45) is 1.82. The highest BCUT2D eigenvalue weighted by Crippen LogP contribution is 2.36. The fraction of sp³-hybridized carbons (Fsp3) is 0.520. The maximum atomic E-state index is 13.1. The molecule has 2 aliphatic heterocycles. The van der Waals surface area contributed by atoms with Gasteiger partial charge in [-0.3, -0.25) is 9.69 Å². The molecule has 2 saturated heterocycles. The number of amides is 1. The first kappa shape index (κ1) is 23.1. The van der Waals surface area contributed by atoms with Crippen molar-refractivity contribution in [2.45, 2.75) is 40.2 Å². The lowest BCUT2D eigenvalue weighted by molar-refractivity contribution is -0.120. The number of aromatic nitrogens is 3. The summed E-state index contributed by atoms with van der Waals surface area (Å²) in [4.78, 5) is 34.5. The van der Waals surface area contributed by atoms with Crippen LogP contribution in [-0.4, -0.2) is 65.2 Å². The minimum atomic E-state index is -0.108. The van der Waals surface area contributed by atoms with Crippen LogP contribution in [0.25, 0.3) is 10.2 Å². The van der Waals surface area contributed by atoms with Gasteiger partial charge in [-0.1, -0.05) is 6.07 Å². The van der Waals surface area contributed by atoms with Crippen molar-refractivity contribution in [3.05, 3.63) is 40.2 Å². The van der Waals surface area contributed by atoms with Gasteiger partial charge in [-0.2, -0.15) is 0 Å². The number of fused-ring (bicyclic) bond motifs is 1. The Kier molecular flexibility index (Phi) is 6.76. The molecular weight excluding hydrogens is 448 g/mol. The molecule has 0 aromatic carbocycles. The Labute approximate surface area is 204 Å². The number of anilines is 2. The van der Waals surface area contributed by atoms with Gasteiger partial charge in [0.25, 0.3) is 0 Å². The molecule has 2 fully saturated rings. The summed E-state index contributed by atoms with van der Waals surface area (Å²) in [5, 5.41) is 4.15. The van der Waals surface area contributed by atoms with Crippen molar-refractivity contribution in [3.63, 3.8) is 0 Å². The molecule has 9 heteroatoms. The fourth-order valence-corrected chi connectivity index (χ4v) is 5.80. The smallest absolute Gasteiger partial charge is 0.230 e. The highest BCUT2D eigenvalue weighted by Gasteiger charge is 2.29. The summed E-state index contributed by atoms with van der Waals surface area (Å²) in [7, 11) is 0. The molecule has 0 saturated carbocycles. The van der Waals surface area contributed by atoms with Crippen molar-refractivity contribution >= 4 is 39.1 Å². The third-order valence-electron chi connectivity index (χ3n) is 6.76. The number of morpholine rings is 1. The maximum Gasteiger partial charge on any atom is 0.230 e. The molecule has 5 rings (SSSR count). The number of nitrogens with one attached hydrogen (secondary N) is 1. The molecule has 0 bridgehead atoms. The number of hydrogen-bond donors (Lipinski definition) is 1. The predicted molar refractivity (Wildman–Crippen MR) is 136 cm³/mol.